The van der Waals surface area contributed by atoms with Crippen LogP contribution in [0.5, 0.6) is 0 Å². The Balaban J connectivity index is 1.50. The number of aromatic amines is 1. The van der Waals surface area contributed by atoms with Crippen LogP contribution in [0.3, 0.4) is 0 Å². The number of fused-ring (bicyclic) bond motifs is 1. The first kappa shape index (κ1) is 17.2. The number of amides is 1. The third-order valence-corrected chi connectivity index (χ3v) is 5.26. The number of hydrogen-bond donors (Lipinski definition) is 3. The maximum atomic E-state index is 12.5. The van der Waals surface area contributed by atoms with Crippen molar-refractivity contribution in [3.05, 3.63) is 89.5 Å². The zero-order valence-corrected chi connectivity index (χ0v) is 15.2. The number of anilines is 2. The molecule has 5 nitrogen and oxygen atoms in total. The molecular weight excluding hydrogens is 358 g/mol. The number of aromatic nitrogens is 1. The number of thiazole rings is 1. The predicted molar refractivity (Wildman–Crippen MR) is 108 cm³/mol. The monoisotopic (exact) mass is 376 g/mol. The minimum absolute atomic E-state index is 0.216. The maximum Gasteiger partial charge on any atom is 0.340 e. The molecule has 3 aromatic carbocycles. The molecule has 0 aliphatic carbocycles. The van der Waals surface area contributed by atoms with Gasteiger partial charge in [-0.25, -0.2) is 9.78 Å². The normalized spacial score (nSPS) is 12.0. The Hall–Kier alpha value is -3.22. The molecule has 0 fully saturated rings. The van der Waals surface area contributed by atoms with Gasteiger partial charge in [-0.05, 0) is 52.8 Å². The number of carbonyl (C=O) groups is 1. The minimum Gasteiger partial charge on any atom is -0.399 e. The van der Waals surface area contributed by atoms with Crippen LogP contribution in [0.4, 0.5) is 10.8 Å². The number of nitrogens with one attached hydrogen (secondary N) is 2. The second kappa shape index (κ2) is 7.19. The molecule has 1 atom stereocenters. The molecule has 0 aliphatic rings. The van der Waals surface area contributed by atoms with Crippen molar-refractivity contribution >= 4 is 38.3 Å². The number of H-pyrrole nitrogens is 1. The summed E-state index contributed by atoms with van der Waals surface area (Å²) in [6.07, 6.45) is -0.718. The van der Waals surface area contributed by atoms with Gasteiger partial charge in [-0.1, -0.05) is 42.5 Å². The van der Waals surface area contributed by atoms with Gasteiger partial charge in [0.15, 0.2) is 0 Å². The number of aliphatic hydroxyl groups is 1. The molecule has 0 saturated heterocycles. The lowest BCUT2D eigenvalue weighted by Crippen LogP contribution is -2.16. The average molecular weight is 376 g/mol. The van der Waals surface area contributed by atoms with E-state index in [0.29, 0.717) is 16.4 Å². The standard InChI is InChI=1S/C21H17N3O2S/c22-16-10-11-17-18(12-16)27-21(23-17)24-20(26)15-8-6-14(7-9-15)19(25)13-4-2-1-3-5-13/h1-12,19,25H,22H2,(H,23,24,26)/p+1. The molecule has 0 saturated carbocycles. The van der Waals surface area contributed by atoms with E-state index in [2.05, 4.69) is 10.3 Å². The molecule has 0 bridgehead atoms. The molecule has 0 spiro atoms. The molecule has 6 heteroatoms. The maximum absolute atomic E-state index is 12.5. The van der Waals surface area contributed by atoms with Crippen LogP contribution in [0.2, 0.25) is 0 Å². The highest BCUT2D eigenvalue weighted by molar-refractivity contribution is 7.21. The average Bonchev–Trinajstić information content (AvgIpc) is 3.09. The zero-order valence-electron chi connectivity index (χ0n) is 14.3. The van der Waals surface area contributed by atoms with Gasteiger partial charge < -0.3 is 10.8 Å². The molecule has 4 aromatic rings. The van der Waals surface area contributed by atoms with E-state index in [4.69, 9.17) is 5.73 Å². The Bertz CT molecular complexity index is 1090. The summed E-state index contributed by atoms with van der Waals surface area (Å²) < 4.78 is 0.978. The van der Waals surface area contributed by atoms with Crippen LogP contribution in [0.25, 0.3) is 10.2 Å². The van der Waals surface area contributed by atoms with Gasteiger partial charge in [-0.2, -0.15) is 5.32 Å². The Kier molecular flexibility index (Phi) is 4.58. The van der Waals surface area contributed by atoms with E-state index in [1.165, 1.54) is 11.3 Å². The molecule has 27 heavy (non-hydrogen) atoms. The Morgan fingerprint density at radius 2 is 1.70 bits per heavy atom. The van der Waals surface area contributed by atoms with E-state index in [0.717, 1.165) is 21.3 Å². The zero-order chi connectivity index (χ0) is 18.8. The number of rotatable bonds is 4. The third kappa shape index (κ3) is 3.67. The van der Waals surface area contributed by atoms with E-state index in [9.17, 15) is 9.90 Å². The van der Waals surface area contributed by atoms with Crippen LogP contribution in [0.15, 0.2) is 72.8 Å². The quantitative estimate of drug-likeness (QED) is 0.475. The van der Waals surface area contributed by atoms with Gasteiger partial charge in [-0.15, -0.1) is 0 Å². The van der Waals surface area contributed by atoms with Crippen LogP contribution in [-0.2, 0) is 0 Å². The fourth-order valence-electron chi connectivity index (χ4n) is 2.86. The molecule has 1 heterocycles. The van der Waals surface area contributed by atoms with Crippen molar-refractivity contribution in [2.24, 2.45) is 0 Å². The van der Waals surface area contributed by atoms with Crippen molar-refractivity contribution in [2.45, 2.75) is 6.10 Å². The molecular formula is C21H18N3O2S+. The van der Waals surface area contributed by atoms with Gasteiger partial charge in [0.1, 0.15) is 11.6 Å². The lowest BCUT2D eigenvalue weighted by molar-refractivity contribution is -0.321. The summed E-state index contributed by atoms with van der Waals surface area (Å²) in [6, 6.07) is 21.9. The second-order valence-corrected chi connectivity index (χ2v) is 7.25. The van der Waals surface area contributed by atoms with Crippen molar-refractivity contribution in [3.8, 4) is 0 Å². The van der Waals surface area contributed by atoms with Crippen LogP contribution in [0, 0.1) is 0 Å². The first-order valence-corrected chi connectivity index (χ1v) is 9.27. The summed E-state index contributed by atoms with van der Waals surface area (Å²) in [5, 5.41) is 14.0. The SMILES string of the molecule is Nc1ccc2[nH+]c(NC(=O)c3ccc(C(O)c4ccccc4)cc3)sc2c1. The smallest absolute Gasteiger partial charge is 0.340 e. The van der Waals surface area contributed by atoms with Gasteiger partial charge in [0.2, 0.25) is 0 Å². The fraction of sp³-hybridized carbons (Fsp3) is 0.0476. The van der Waals surface area contributed by atoms with Crippen molar-refractivity contribution in [3.63, 3.8) is 0 Å². The lowest BCUT2D eigenvalue weighted by atomic mass is 10.0. The molecule has 0 radical (unpaired) electrons. The van der Waals surface area contributed by atoms with E-state index >= 15 is 0 Å². The molecule has 134 valence electrons. The van der Waals surface area contributed by atoms with E-state index in [-0.39, 0.29) is 5.91 Å². The first-order valence-electron chi connectivity index (χ1n) is 8.46. The Morgan fingerprint density at radius 1 is 1.00 bits per heavy atom. The number of hydrogen-bond acceptors (Lipinski definition) is 4. The third-order valence-electron chi connectivity index (χ3n) is 4.30. The van der Waals surface area contributed by atoms with E-state index in [1.807, 2.05) is 48.5 Å². The summed E-state index contributed by atoms with van der Waals surface area (Å²) in [6.45, 7) is 0. The molecule has 1 amide bonds. The summed E-state index contributed by atoms with van der Waals surface area (Å²) in [5.74, 6) is -0.216. The molecule has 5 N–H and O–H groups in total. The van der Waals surface area contributed by atoms with Gasteiger partial charge in [-0.3, -0.25) is 0 Å². The van der Waals surface area contributed by atoms with Crippen molar-refractivity contribution in [2.75, 3.05) is 11.1 Å². The van der Waals surface area contributed by atoms with Gasteiger partial charge in [0.05, 0.1) is 10.3 Å². The number of nitrogen functional groups attached to an aromatic ring is 1. The van der Waals surface area contributed by atoms with Gasteiger partial charge in [0, 0.05) is 5.69 Å². The highest BCUT2D eigenvalue weighted by Gasteiger charge is 2.17. The number of nitrogens with two attached hydrogens (primary N) is 1. The minimum atomic E-state index is -0.718. The van der Waals surface area contributed by atoms with Crippen molar-refractivity contribution < 1.29 is 14.9 Å². The topological polar surface area (TPSA) is 89.5 Å². The lowest BCUT2D eigenvalue weighted by Gasteiger charge is -2.11. The number of carbonyl (C=O) groups excluding carboxylic acids is 1. The summed E-state index contributed by atoms with van der Waals surface area (Å²) in [7, 11) is 0. The Morgan fingerprint density at radius 3 is 2.44 bits per heavy atom. The van der Waals surface area contributed by atoms with Crippen LogP contribution < -0.4 is 16.0 Å². The highest BCUT2D eigenvalue weighted by atomic mass is 32.1. The number of benzene rings is 3. The fourth-order valence-corrected chi connectivity index (χ4v) is 3.81. The van der Waals surface area contributed by atoms with Crippen molar-refractivity contribution in [1.29, 1.82) is 0 Å². The van der Waals surface area contributed by atoms with Crippen molar-refractivity contribution in [1.82, 2.24) is 0 Å². The van der Waals surface area contributed by atoms with Crippen LogP contribution in [0.1, 0.15) is 27.6 Å². The highest BCUT2D eigenvalue weighted by Crippen LogP contribution is 2.25. The summed E-state index contributed by atoms with van der Waals surface area (Å²) >= 11 is 1.43. The van der Waals surface area contributed by atoms with E-state index < -0.39 is 6.10 Å². The molecule has 4 rings (SSSR count). The summed E-state index contributed by atoms with van der Waals surface area (Å²) in [4.78, 5) is 15.7. The molecule has 0 aliphatic heterocycles. The molecule has 1 unspecified atom stereocenters. The van der Waals surface area contributed by atoms with Crippen LogP contribution >= 0.6 is 11.3 Å². The first-order chi connectivity index (χ1) is 13.1. The summed E-state index contributed by atoms with van der Waals surface area (Å²) in [5.41, 5.74) is 9.47. The van der Waals surface area contributed by atoms with E-state index in [1.54, 1.807) is 24.3 Å². The van der Waals surface area contributed by atoms with Crippen LogP contribution in [-0.4, -0.2) is 11.0 Å². The second-order valence-electron chi connectivity index (χ2n) is 6.20. The largest absolute Gasteiger partial charge is 0.399 e. The van der Waals surface area contributed by atoms with Gasteiger partial charge in [0.25, 0.3) is 0 Å². The molecule has 1 aromatic heterocycles. The number of aliphatic hydroxyl groups excluding tert-OH is 1. The Labute approximate surface area is 160 Å². The van der Waals surface area contributed by atoms with Gasteiger partial charge >= 0.3 is 11.0 Å². The predicted octanol–water partition coefficient (Wildman–Crippen LogP) is 3.63.